The van der Waals surface area contributed by atoms with Crippen molar-refractivity contribution in [3.63, 3.8) is 0 Å². The predicted molar refractivity (Wildman–Crippen MR) is 119 cm³/mol. The second kappa shape index (κ2) is 7.69. The molecule has 2 amide bonds. The van der Waals surface area contributed by atoms with Crippen molar-refractivity contribution in [2.24, 2.45) is 5.92 Å². The minimum absolute atomic E-state index is 0.0971. The first-order chi connectivity index (χ1) is 14.6. The Bertz CT molecular complexity index is 958. The number of thiazole rings is 1. The first kappa shape index (κ1) is 19.5. The smallest absolute Gasteiger partial charge is 0.253 e. The van der Waals surface area contributed by atoms with Crippen LogP contribution in [-0.2, 0) is 16.1 Å². The lowest BCUT2D eigenvalue weighted by atomic mass is 9.83. The Morgan fingerprint density at radius 1 is 1.23 bits per heavy atom. The number of rotatable bonds is 3. The molecule has 3 aliphatic rings. The first-order valence-corrected chi connectivity index (χ1v) is 11.8. The van der Waals surface area contributed by atoms with Crippen LogP contribution in [0.3, 0.4) is 0 Å². The summed E-state index contributed by atoms with van der Waals surface area (Å²) in [5, 5.41) is 6.60. The molecule has 1 saturated carbocycles. The van der Waals surface area contributed by atoms with E-state index in [1.54, 1.807) is 11.3 Å². The first-order valence-electron chi connectivity index (χ1n) is 10.9. The molecule has 0 unspecified atom stereocenters. The lowest BCUT2D eigenvalue weighted by Gasteiger charge is -2.48. The lowest BCUT2D eigenvalue weighted by Crippen LogP contribution is -2.62. The van der Waals surface area contributed by atoms with Gasteiger partial charge in [0.05, 0.1) is 28.6 Å². The third-order valence-corrected chi connectivity index (χ3v) is 7.67. The van der Waals surface area contributed by atoms with Gasteiger partial charge in [0, 0.05) is 24.4 Å². The Balaban J connectivity index is 1.38. The number of likely N-dealkylation sites (tertiary alicyclic amines) is 1. The zero-order chi connectivity index (χ0) is 20.7. The Morgan fingerprint density at radius 3 is 2.67 bits per heavy atom. The summed E-state index contributed by atoms with van der Waals surface area (Å²) in [7, 11) is 0. The number of anilines is 2. The molecular weight excluding hydrogens is 396 g/mol. The van der Waals surface area contributed by atoms with Crippen molar-refractivity contribution >= 4 is 34.5 Å². The maximum Gasteiger partial charge on any atom is 0.253 e. The number of benzene rings is 1. The van der Waals surface area contributed by atoms with Gasteiger partial charge in [0.2, 0.25) is 5.91 Å². The van der Waals surface area contributed by atoms with Gasteiger partial charge in [-0.05, 0) is 44.7 Å². The van der Waals surface area contributed by atoms with Gasteiger partial charge in [-0.25, -0.2) is 4.98 Å². The van der Waals surface area contributed by atoms with Gasteiger partial charge in [-0.2, -0.15) is 0 Å². The van der Waals surface area contributed by atoms with Crippen molar-refractivity contribution in [1.29, 1.82) is 0 Å². The van der Waals surface area contributed by atoms with E-state index in [-0.39, 0.29) is 11.8 Å². The van der Waals surface area contributed by atoms with E-state index in [1.807, 2.05) is 46.4 Å². The lowest BCUT2D eigenvalue weighted by molar-refractivity contribution is -0.138. The monoisotopic (exact) mass is 424 g/mol. The zero-order valence-electron chi connectivity index (χ0n) is 17.4. The number of hydrogen-bond acceptors (Lipinski definition) is 5. The highest BCUT2D eigenvalue weighted by atomic mass is 32.1. The molecule has 158 valence electrons. The van der Waals surface area contributed by atoms with Crippen LogP contribution >= 0.6 is 11.3 Å². The Kier molecular flexibility index (Phi) is 5.01. The number of fused-ring (bicyclic) bond motifs is 1. The summed E-state index contributed by atoms with van der Waals surface area (Å²) in [5.74, 6) is 0.583. The van der Waals surface area contributed by atoms with Gasteiger partial charge in [-0.1, -0.05) is 25.0 Å². The zero-order valence-corrected chi connectivity index (χ0v) is 18.2. The van der Waals surface area contributed by atoms with E-state index in [0.717, 1.165) is 47.8 Å². The molecular formula is C23H28N4O2S. The number of para-hydroxylation sites is 2. The largest absolute Gasteiger partial charge is 0.369 e. The third-order valence-electron chi connectivity index (χ3n) is 6.84. The predicted octanol–water partition coefficient (Wildman–Crippen LogP) is 3.96. The van der Waals surface area contributed by atoms with Crippen molar-refractivity contribution in [1.82, 2.24) is 9.88 Å². The highest BCUT2D eigenvalue weighted by molar-refractivity contribution is 7.09. The van der Waals surface area contributed by atoms with E-state index in [1.165, 1.54) is 0 Å². The van der Waals surface area contributed by atoms with Crippen LogP contribution in [0.4, 0.5) is 11.4 Å². The number of hydrogen-bond donors (Lipinski definition) is 1. The minimum atomic E-state index is -0.647. The fraction of sp³-hybridized carbons (Fsp3) is 0.522. The second-order valence-corrected chi connectivity index (χ2v) is 9.84. The number of piperidine rings is 1. The summed E-state index contributed by atoms with van der Waals surface area (Å²) in [6.45, 7) is 3.74. The van der Waals surface area contributed by atoms with E-state index in [0.29, 0.717) is 38.4 Å². The van der Waals surface area contributed by atoms with Crippen molar-refractivity contribution in [3.8, 4) is 0 Å². The molecule has 7 heteroatoms. The molecule has 2 aromatic rings. The maximum absolute atomic E-state index is 13.7. The van der Waals surface area contributed by atoms with Crippen LogP contribution in [0.15, 0.2) is 29.6 Å². The van der Waals surface area contributed by atoms with Crippen molar-refractivity contribution in [2.75, 3.05) is 23.3 Å². The van der Waals surface area contributed by atoms with E-state index in [2.05, 4.69) is 10.3 Å². The topological polar surface area (TPSA) is 65.5 Å². The molecule has 5 rings (SSSR count). The molecule has 0 bridgehead atoms. The number of carbonyl (C=O) groups excluding carboxylic acids is 2. The van der Waals surface area contributed by atoms with Crippen LogP contribution in [0.25, 0.3) is 0 Å². The van der Waals surface area contributed by atoms with Gasteiger partial charge in [-0.3, -0.25) is 9.59 Å². The Morgan fingerprint density at radius 2 is 1.97 bits per heavy atom. The number of nitrogens with one attached hydrogen (secondary N) is 1. The normalized spacial score (nSPS) is 21.0. The van der Waals surface area contributed by atoms with Crippen LogP contribution in [0.2, 0.25) is 0 Å². The van der Waals surface area contributed by atoms with E-state index in [9.17, 15) is 9.59 Å². The van der Waals surface area contributed by atoms with Crippen molar-refractivity contribution in [3.05, 3.63) is 40.3 Å². The Labute approximate surface area is 181 Å². The van der Waals surface area contributed by atoms with E-state index >= 15 is 0 Å². The number of carbonyl (C=O) groups is 2. The number of nitrogens with zero attached hydrogens (tertiary/aromatic N) is 3. The average molecular weight is 425 g/mol. The molecule has 2 fully saturated rings. The van der Waals surface area contributed by atoms with Crippen LogP contribution in [0, 0.1) is 12.8 Å². The highest BCUT2D eigenvalue weighted by Gasteiger charge is 2.48. The molecule has 30 heavy (non-hydrogen) atoms. The van der Waals surface area contributed by atoms with Crippen molar-refractivity contribution < 1.29 is 9.59 Å². The number of aryl methyl sites for hydroxylation is 1. The molecule has 2 aliphatic heterocycles. The molecule has 0 radical (unpaired) electrons. The average Bonchev–Trinajstić information content (AvgIpc) is 3.43. The number of aromatic nitrogens is 1. The molecule has 1 aromatic heterocycles. The molecule has 1 N–H and O–H groups in total. The van der Waals surface area contributed by atoms with Gasteiger partial charge in [-0.15, -0.1) is 11.3 Å². The quantitative estimate of drug-likeness (QED) is 0.810. The van der Waals surface area contributed by atoms with E-state index in [4.69, 9.17) is 0 Å². The maximum atomic E-state index is 13.7. The summed E-state index contributed by atoms with van der Waals surface area (Å²) in [6, 6.07) is 8.00. The third kappa shape index (κ3) is 3.39. The van der Waals surface area contributed by atoms with Gasteiger partial charge in [0.25, 0.3) is 5.91 Å². The van der Waals surface area contributed by atoms with Gasteiger partial charge in [0.1, 0.15) is 5.54 Å². The molecule has 3 heterocycles. The highest BCUT2D eigenvalue weighted by Crippen LogP contribution is 2.41. The summed E-state index contributed by atoms with van der Waals surface area (Å²) < 4.78 is 0. The fourth-order valence-corrected chi connectivity index (χ4v) is 5.78. The van der Waals surface area contributed by atoms with Crippen LogP contribution in [-0.4, -0.2) is 40.3 Å². The second-order valence-electron chi connectivity index (χ2n) is 8.78. The molecule has 1 spiro atoms. The van der Waals surface area contributed by atoms with E-state index < -0.39 is 5.54 Å². The molecule has 1 saturated heterocycles. The molecule has 1 aromatic carbocycles. The van der Waals surface area contributed by atoms with Gasteiger partial charge < -0.3 is 15.1 Å². The van der Waals surface area contributed by atoms with Crippen LogP contribution in [0.5, 0.6) is 0 Å². The molecule has 6 nitrogen and oxygen atoms in total. The summed E-state index contributed by atoms with van der Waals surface area (Å²) in [4.78, 5) is 35.1. The fourth-order valence-electron chi connectivity index (χ4n) is 5.17. The summed E-state index contributed by atoms with van der Waals surface area (Å²) in [6.07, 6.45) is 5.65. The van der Waals surface area contributed by atoms with Crippen LogP contribution < -0.4 is 10.2 Å². The van der Waals surface area contributed by atoms with Crippen LogP contribution in [0.1, 0.15) is 49.2 Å². The SMILES string of the molecule is Cc1nc(CN2C(=O)C3(CCN(C(=O)C4CCCC4)CC3)Nc3ccccc32)cs1. The van der Waals surface area contributed by atoms with Gasteiger partial charge >= 0.3 is 0 Å². The minimum Gasteiger partial charge on any atom is -0.369 e. The molecule has 0 atom stereocenters. The molecule has 1 aliphatic carbocycles. The van der Waals surface area contributed by atoms with Gasteiger partial charge in [0.15, 0.2) is 0 Å². The Hall–Kier alpha value is -2.41. The standard InChI is InChI=1S/C23H28N4O2S/c1-16-24-18(15-30-16)14-27-20-9-5-4-8-19(20)25-23(22(27)29)10-12-26(13-11-23)21(28)17-6-2-3-7-17/h4-5,8-9,15,17,25H,2-3,6-7,10-14H2,1H3. The summed E-state index contributed by atoms with van der Waals surface area (Å²) >= 11 is 1.61. The van der Waals surface area contributed by atoms with Crippen molar-refractivity contribution in [2.45, 2.75) is 57.5 Å². The number of amides is 2. The summed E-state index contributed by atoms with van der Waals surface area (Å²) in [5.41, 5.74) is 2.17.